The highest BCUT2D eigenvalue weighted by atomic mass is 16.2. The van der Waals surface area contributed by atoms with Crippen molar-refractivity contribution in [2.45, 2.75) is 19.4 Å². The van der Waals surface area contributed by atoms with Gasteiger partial charge in [-0.25, -0.2) is 0 Å². The molecule has 0 bridgehead atoms. The third-order valence-electron chi connectivity index (χ3n) is 3.41. The number of nitrogens with zero attached hydrogens (tertiary/aromatic N) is 3. The molecule has 1 saturated heterocycles. The van der Waals surface area contributed by atoms with Crippen LogP contribution in [-0.4, -0.2) is 80.0 Å². The fourth-order valence-electron chi connectivity index (χ4n) is 2.31. The van der Waals surface area contributed by atoms with Gasteiger partial charge in [-0.2, -0.15) is 0 Å². The molecule has 0 aromatic carbocycles. The first-order chi connectivity index (χ1) is 8.06. The zero-order valence-corrected chi connectivity index (χ0v) is 11.4. The van der Waals surface area contributed by atoms with E-state index in [0.29, 0.717) is 6.54 Å². The van der Waals surface area contributed by atoms with Crippen LogP contribution in [0.2, 0.25) is 0 Å². The molecule has 1 amide bonds. The molecule has 0 aromatic heterocycles. The van der Waals surface area contributed by atoms with Gasteiger partial charge < -0.3 is 15.5 Å². The molecule has 1 unspecified atom stereocenters. The molecule has 1 heterocycles. The maximum Gasteiger partial charge on any atom is 0.239 e. The average Bonchev–Trinajstić information content (AvgIpc) is 2.53. The molecule has 0 radical (unpaired) electrons. The Morgan fingerprint density at radius 1 is 1.29 bits per heavy atom. The number of amides is 1. The molecule has 1 fully saturated rings. The monoisotopic (exact) mass is 242 g/mol. The molecule has 0 aromatic rings. The molecule has 1 aliphatic rings. The predicted molar refractivity (Wildman–Crippen MR) is 69.8 cm³/mol. The van der Waals surface area contributed by atoms with E-state index in [1.54, 1.807) is 4.90 Å². The van der Waals surface area contributed by atoms with Crippen molar-refractivity contribution in [3.05, 3.63) is 0 Å². The summed E-state index contributed by atoms with van der Waals surface area (Å²) in [5, 5.41) is 0. The molecule has 100 valence electrons. The van der Waals surface area contributed by atoms with Crippen LogP contribution >= 0.6 is 0 Å². The number of hydrogen-bond acceptors (Lipinski definition) is 4. The zero-order chi connectivity index (χ0) is 12.8. The van der Waals surface area contributed by atoms with Crippen molar-refractivity contribution in [1.29, 1.82) is 0 Å². The van der Waals surface area contributed by atoms with Gasteiger partial charge in [0.15, 0.2) is 0 Å². The second-order valence-electron chi connectivity index (χ2n) is 4.93. The van der Waals surface area contributed by atoms with Gasteiger partial charge in [-0.3, -0.25) is 9.69 Å². The van der Waals surface area contributed by atoms with Crippen LogP contribution < -0.4 is 5.73 Å². The van der Waals surface area contributed by atoms with Gasteiger partial charge >= 0.3 is 0 Å². The maximum absolute atomic E-state index is 11.9. The lowest BCUT2D eigenvalue weighted by Gasteiger charge is -2.28. The minimum atomic E-state index is -0.0113. The Morgan fingerprint density at radius 3 is 2.59 bits per heavy atom. The van der Waals surface area contributed by atoms with E-state index in [-0.39, 0.29) is 11.9 Å². The van der Waals surface area contributed by atoms with Crippen LogP contribution in [0.25, 0.3) is 0 Å². The smallest absolute Gasteiger partial charge is 0.239 e. The molecule has 1 aliphatic heterocycles. The summed E-state index contributed by atoms with van der Waals surface area (Å²) in [5.74, 6) is 0.192. The number of likely N-dealkylation sites (N-methyl/N-ethyl adjacent to an activating group) is 1. The van der Waals surface area contributed by atoms with Crippen LogP contribution in [0.1, 0.15) is 13.3 Å². The van der Waals surface area contributed by atoms with Crippen LogP contribution in [0, 0.1) is 0 Å². The molecule has 1 atom stereocenters. The first-order valence-electron chi connectivity index (χ1n) is 6.44. The first kappa shape index (κ1) is 14.4. The van der Waals surface area contributed by atoms with E-state index in [9.17, 15) is 4.79 Å². The van der Waals surface area contributed by atoms with E-state index in [4.69, 9.17) is 5.73 Å². The molecular weight excluding hydrogens is 216 g/mol. The average molecular weight is 242 g/mol. The molecule has 0 saturated carbocycles. The van der Waals surface area contributed by atoms with E-state index in [1.807, 2.05) is 21.0 Å². The topological polar surface area (TPSA) is 52.8 Å². The summed E-state index contributed by atoms with van der Waals surface area (Å²) in [7, 11) is 3.63. The van der Waals surface area contributed by atoms with Crippen LogP contribution in [0.5, 0.6) is 0 Å². The summed E-state index contributed by atoms with van der Waals surface area (Å²) < 4.78 is 0. The van der Waals surface area contributed by atoms with Gasteiger partial charge in [0.25, 0.3) is 0 Å². The normalized spacial score (nSPS) is 20.9. The summed E-state index contributed by atoms with van der Waals surface area (Å²) in [4.78, 5) is 18.2. The van der Waals surface area contributed by atoms with Crippen molar-refractivity contribution in [3.8, 4) is 0 Å². The van der Waals surface area contributed by atoms with Gasteiger partial charge in [-0.05, 0) is 19.9 Å². The van der Waals surface area contributed by atoms with Gasteiger partial charge in [0.05, 0.1) is 6.04 Å². The number of carbonyl (C=O) groups is 1. The lowest BCUT2D eigenvalue weighted by molar-refractivity contribution is -0.133. The number of rotatable bonds is 4. The van der Waals surface area contributed by atoms with Gasteiger partial charge in [0.1, 0.15) is 0 Å². The van der Waals surface area contributed by atoms with Crippen LogP contribution in [0.3, 0.4) is 0 Å². The van der Waals surface area contributed by atoms with Crippen LogP contribution in [0.4, 0.5) is 0 Å². The lowest BCUT2D eigenvalue weighted by Crippen LogP contribution is -2.46. The molecule has 1 rings (SSSR count). The number of nitrogens with two attached hydrogens (primary N) is 1. The summed E-state index contributed by atoms with van der Waals surface area (Å²) in [6.07, 6.45) is 1.12. The molecule has 17 heavy (non-hydrogen) atoms. The van der Waals surface area contributed by atoms with E-state index < -0.39 is 0 Å². The van der Waals surface area contributed by atoms with Crippen molar-refractivity contribution in [2.24, 2.45) is 5.73 Å². The SMILES string of the molecule is CC(C(=O)N(C)C)N1CCCN(CCN)CC1. The Morgan fingerprint density at radius 2 is 2.00 bits per heavy atom. The van der Waals surface area contributed by atoms with Crippen molar-refractivity contribution < 1.29 is 4.79 Å². The second-order valence-corrected chi connectivity index (χ2v) is 4.93. The van der Waals surface area contributed by atoms with E-state index in [2.05, 4.69) is 9.80 Å². The van der Waals surface area contributed by atoms with Crippen LogP contribution in [0.15, 0.2) is 0 Å². The third-order valence-corrected chi connectivity index (χ3v) is 3.41. The second kappa shape index (κ2) is 6.93. The Hall–Kier alpha value is -0.650. The quantitative estimate of drug-likeness (QED) is 0.717. The minimum Gasteiger partial charge on any atom is -0.347 e. The molecule has 5 nitrogen and oxygen atoms in total. The summed E-state index contributed by atoms with van der Waals surface area (Å²) in [6, 6.07) is -0.0113. The summed E-state index contributed by atoms with van der Waals surface area (Å²) in [5.41, 5.74) is 5.58. The summed E-state index contributed by atoms with van der Waals surface area (Å²) >= 11 is 0. The van der Waals surface area contributed by atoms with Crippen molar-refractivity contribution in [1.82, 2.24) is 14.7 Å². The fourth-order valence-corrected chi connectivity index (χ4v) is 2.31. The molecule has 5 heteroatoms. The molecule has 2 N–H and O–H groups in total. The molecular formula is C12H26N4O. The van der Waals surface area contributed by atoms with E-state index in [0.717, 1.165) is 39.1 Å². The van der Waals surface area contributed by atoms with Crippen molar-refractivity contribution in [3.63, 3.8) is 0 Å². The Kier molecular flexibility index (Phi) is 5.88. The van der Waals surface area contributed by atoms with Gasteiger partial charge in [-0.15, -0.1) is 0 Å². The highest BCUT2D eigenvalue weighted by molar-refractivity contribution is 5.80. The molecule has 0 aliphatic carbocycles. The maximum atomic E-state index is 11.9. The van der Waals surface area contributed by atoms with E-state index in [1.165, 1.54) is 0 Å². The van der Waals surface area contributed by atoms with Gasteiger partial charge in [-0.1, -0.05) is 0 Å². The Balaban J connectivity index is 2.47. The van der Waals surface area contributed by atoms with Gasteiger partial charge in [0.2, 0.25) is 5.91 Å². The number of hydrogen-bond donors (Lipinski definition) is 1. The lowest BCUT2D eigenvalue weighted by atomic mass is 10.2. The first-order valence-corrected chi connectivity index (χ1v) is 6.44. The minimum absolute atomic E-state index is 0.0113. The van der Waals surface area contributed by atoms with Crippen molar-refractivity contribution >= 4 is 5.91 Å². The highest BCUT2D eigenvalue weighted by Gasteiger charge is 2.24. The third kappa shape index (κ3) is 4.26. The highest BCUT2D eigenvalue weighted by Crippen LogP contribution is 2.08. The Labute approximate surface area is 105 Å². The van der Waals surface area contributed by atoms with Crippen molar-refractivity contribution in [2.75, 3.05) is 53.4 Å². The predicted octanol–water partition coefficient (Wildman–Crippen LogP) is -0.570. The van der Waals surface area contributed by atoms with E-state index >= 15 is 0 Å². The number of carbonyl (C=O) groups excluding carboxylic acids is 1. The van der Waals surface area contributed by atoms with Crippen LogP contribution in [-0.2, 0) is 4.79 Å². The standard InChI is InChI=1S/C12H26N4O/c1-11(12(17)14(2)3)16-7-4-6-15(8-5-13)9-10-16/h11H,4-10,13H2,1-3H3. The zero-order valence-electron chi connectivity index (χ0n) is 11.4. The Bertz CT molecular complexity index is 245. The largest absolute Gasteiger partial charge is 0.347 e. The van der Waals surface area contributed by atoms with Gasteiger partial charge in [0, 0.05) is 46.8 Å². The molecule has 0 spiro atoms. The summed E-state index contributed by atoms with van der Waals surface area (Å²) in [6.45, 7) is 7.75. The fraction of sp³-hybridized carbons (Fsp3) is 0.917.